The van der Waals surface area contributed by atoms with E-state index in [9.17, 15) is 18.3 Å². The Morgan fingerprint density at radius 3 is 2.56 bits per heavy atom. The third-order valence-corrected chi connectivity index (χ3v) is 2.73. The molecule has 1 saturated carbocycles. The lowest BCUT2D eigenvalue weighted by Gasteiger charge is -2.17. The quantitative estimate of drug-likeness (QED) is 0.598. The Kier molecular flexibility index (Phi) is 3.22. The second kappa shape index (κ2) is 4.54. The van der Waals surface area contributed by atoms with E-state index in [-0.39, 0.29) is 11.3 Å². The minimum absolute atomic E-state index is 0.101. The van der Waals surface area contributed by atoms with Crippen molar-refractivity contribution < 1.29 is 18.3 Å². The van der Waals surface area contributed by atoms with Crippen LogP contribution in [0.2, 0.25) is 0 Å². The van der Waals surface area contributed by atoms with Crippen molar-refractivity contribution in [2.45, 2.75) is 25.1 Å². The highest BCUT2D eigenvalue weighted by Gasteiger charge is 2.40. The van der Waals surface area contributed by atoms with E-state index in [1.807, 2.05) is 0 Å². The molecule has 1 aliphatic carbocycles. The lowest BCUT2D eigenvalue weighted by molar-refractivity contribution is -0.206. The van der Waals surface area contributed by atoms with Crippen LogP contribution in [0, 0.1) is 17.8 Å². The maximum atomic E-state index is 12.4. The molecule has 5 heteroatoms. The van der Waals surface area contributed by atoms with E-state index in [1.54, 1.807) is 6.07 Å². The molecule has 0 amide bonds. The van der Waals surface area contributed by atoms with Gasteiger partial charge in [-0.2, -0.15) is 13.2 Å². The normalized spacial score (nSPS) is 16.9. The molecule has 1 aromatic carbocycles. The Bertz CT molecular complexity index is 509. The van der Waals surface area contributed by atoms with E-state index in [4.69, 9.17) is 5.73 Å². The summed E-state index contributed by atoms with van der Waals surface area (Å²) in [6.07, 6.45) is -5.24. The smallest absolute Gasteiger partial charge is 0.397 e. The first-order chi connectivity index (χ1) is 8.39. The molecule has 0 aliphatic heterocycles. The summed E-state index contributed by atoms with van der Waals surface area (Å²) in [5.74, 6) is 6.03. The fourth-order valence-corrected chi connectivity index (χ4v) is 1.51. The van der Waals surface area contributed by atoms with Crippen LogP contribution in [0.15, 0.2) is 18.2 Å². The zero-order chi connectivity index (χ0) is 13.3. The molecule has 3 N–H and O–H groups in total. The number of anilines is 1. The fourth-order valence-electron chi connectivity index (χ4n) is 1.51. The van der Waals surface area contributed by atoms with Gasteiger partial charge in [0.15, 0.2) is 6.10 Å². The van der Waals surface area contributed by atoms with Gasteiger partial charge in [0.2, 0.25) is 0 Å². The Labute approximate surface area is 103 Å². The number of para-hydroxylation sites is 1. The average Bonchev–Trinajstić information content (AvgIpc) is 3.09. The van der Waals surface area contributed by atoms with Crippen LogP contribution in [0.25, 0.3) is 0 Å². The molecule has 1 aliphatic rings. The highest BCUT2D eigenvalue weighted by atomic mass is 19.4. The lowest BCUT2D eigenvalue weighted by atomic mass is 10.0. The standard InChI is InChI=1S/C13H12F3NO/c14-13(15,16)12(18)10-3-1-2-9(11(10)17)7-6-8-4-5-8/h1-3,8,12,18H,4-5,17H2. The first kappa shape index (κ1) is 12.8. The number of nitrogen functional groups attached to an aromatic ring is 1. The highest BCUT2D eigenvalue weighted by Crippen LogP contribution is 2.36. The van der Waals surface area contributed by atoms with Crippen LogP contribution in [0.1, 0.15) is 30.1 Å². The number of alkyl halides is 3. The van der Waals surface area contributed by atoms with E-state index in [1.165, 1.54) is 6.07 Å². The Morgan fingerprint density at radius 2 is 2.00 bits per heavy atom. The molecule has 0 saturated heterocycles. The number of hydrogen-bond donors (Lipinski definition) is 2. The largest absolute Gasteiger partial charge is 0.418 e. The van der Waals surface area contributed by atoms with Crippen molar-refractivity contribution in [3.8, 4) is 11.8 Å². The van der Waals surface area contributed by atoms with Gasteiger partial charge < -0.3 is 10.8 Å². The van der Waals surface area contributed by atoms with Crippen molar-refractivity contribution in [2.75, 3.05) is 5.73 Å². The van der Waals surface area contributed by atoms with Crippen molar-refractivity contribution in [1.82, 2.24) is 0 Å². The topological polar surface area (TPSA) is 46.2 Å². The Balaban J connectivity index is 2.33. The fraction of sp³-hybridized carbons (Fsp3) is 0.385. The van der Waals surface area contributed by atoms with E-state index < -0.39 is 12.3 Å². The van der Waals surface area contributed by atoms with Gasteiger partial charge in [-0.25, -0.2) is 0 Å². The highest BCUT2D eigenvalue weighted by molar-refractivity contribution is 5.61. The number of aliphatic hydroxyl groups excluding tert-OH is 1. The number of halogens is 3. The predicted molar refractivity (Wildman–Crippen MR) is 61.5 cm³/mol. The summed E-state index contributed by atoms with van der Waals surface area (Å²) in [4.78, 5) is 0. The molecule has 18 heavy (non-hydrogen) atoms. The van der Waals surface area contributed by atoms with Crippen LogP contribution in [0.4, 0.5) is 18.9 Å². The molecule has 1 fully saturated rings. The first-order valence-electron chi connectivity index (χ1n) is 5.54. The number of aliphatic hydroxyl groups is 1. The van der Waals surface area contributed by atoms with E-state index in [0.717, 1.165) is 18.9 Å². The van der Waals surface area contributed by atoms with Crippen LogP contribution in [-0.2, 0) is 0 Å². The average molecular weight is 255 g/mol. The van der Waals surface area contributed by atoms with E-state index in [2.05, 4.69) is 11.8 Å². The zero-order valence-electron chi connectivity index (χ0n) is 9.46. The minimum Gasteiger partial charge on any atom is -0.397 e. The molecule has 1 atom stereocenters. The SMILES string of the molecule is Nc1c(C#CC2CC2)cccc1C(O)C(F)(F)F. The van der Waals surface area contributed by atoms with Gasteiger partial charge in [-0.15, -0.1) is 0 Å². The van der Waals surface area contributed by atoms with Gasteiger partial charge in [0.25, 0.3) is 0 Å². The van der Waals surface area contributed by atoms with E-state index in [0.29, 0.717) is 11.5 Å². The third kappa shape index (κ3) is 2.77. The molecule has 0 aromatic heterocycles. The Hall–Kier alpha value is -1.67. The van der Waals surface area contributed by atoms with Gasteiger partial charge >= 0.3 is 6.18 Å². The zero-order valence-corrected chi connectivity index (χ0v) is 9.46. The predicted octanol–water partition coefficient (Wildman–Crippen LogP) is 2.63. The van der Waals surface area contributed by atoms with Crippen LogP contribution in [0.5, 0.6) is 0 Å². The second-order valence-corrected chi connectivity index (χ2v) is 4.30. The number of benzene rings is 1. The summed E-state index contributed by atoms with van der Waals surface area (Å²) in [6, 6.07) is 4.13. The van der Waals surface area contributed by atoms with Crippen LogP contribution in [0.3, 0.4) is 0 Å². The minimum atomic E-state index is -4.73. The van der Waals surface area contributed by atoms with Gasteiger partial charge in [0.05, 0.1) is 5.69 Å². The summed E-state index contributed by atoms with van der Waals surface area (Å²) < 4.78 is 37.3. The van der Waals surface area contributed by atoms with Crippen molar-refractivity contribution in [3.63, 3.8) is 0 Å². The van der Waals surface area contributed by atoms with Crippen LogP contribution in [-0.4, -0.2) is 11.3 Å². The van der Waals surface area contributed by atoms with Crippen LogP contribution >= 0.6 is 0 Å². The van der Waals surface area contributed by atoms with Gasteiger partial charge in [-0.1, -0.05) is 24.0 Å². The molecule has 96 valence electrons. The van der Waals surface area contributed by atoms with Crippen molar-refractivity contribution in [3.05, 3.63) is 29.3 Å². The van der Waals surface area contributed by atoms with Crippen molar-refractivity contribution in [2.24, 2.45) is 5.92 Å². The van der Waals surface area contributed by atoms with Crippen molar-refractivity contribution >= 4 is 5.69 Å². The van der Waals surface area contributed by atoms with Gasteiger partial charge in [0, 0.05) is 17.0 Å². The van der Waals surface area contributed by atoms with Crippen LogP contribution < -0.4 is 5.73 Å². The molecule has 2 nitrogen and oxygen atoms in total. The maximum absolute atomic E-state index is 12.4. The molecule has 0 bridgehead atoms. The summed E-state index contributed by atoms with van der Waals surface area (Å²) in [5, 5.41) is 9.20. The monoisotopic (exact) mass is 255 g/mol. The molecule has 0 radical (unpaired) electrons. The molecule has 1 unspecified atom stereocenters. The lowest BCUT2D eigenvalue weighted by Crippen LogP contribution is -2.21. The molecule has 0 spiro atoms. The molecule has 1 aromatic rings. The first-order valence-corrected chi connectivity index (χ1v) is 5.54. The van der Waals surface area contributed by atoms with Gasteiger partial charge in [-0.3, -0.25) is 0 Å². The summed E-state index contributed by atoms with van der Waals surface area (Å²) in [7, 11) is 0. The van der Waals surface area contributed by atoms with E-state index >= 15 is 0 Å². The summed E-state index contributed by atoms with van der Waals surface area (Å²) in [6.45, 7) is 0. The maximum Gasteiger partial charge on any atom is 0.418 e. The van der Waals surface area contributed by atoms with Gasteiger partial charge in [-0.05, 0) is 18.9 Å². The molecule has 2 rings (SSSR count). The Morgan fingerprint density at radius 1 is 1.33 bits per heavy atom. The van der Waals surface area contributed by atoms with Crippen molar-refractivity contribution in [1.29, 1.82) is 0 Å². The molecular weight excluding hydrogens is 243 g/mol. The third-order valence-electron chi connectivity index (χ3n) is 2.73. The summed E-state index contributed by atoms with van der Waals surface area (Å²) in [5.41, 5.74) is 5.52. The number of rotatable bonds is 1. The number of nitrogens with two attached hydrogens (primary N) is 1. The van der Waals surface area contributed by atoms with Gasteiger partial charge in [0.1, 0.15) is 0 Å². The second-order valence-electron chi connectivity index (χ2n) is 4.30. The number of hydrogen-bond acceptors (Lipinski definition) is 2. The summed E-state index contributed by atoms with van der Waals surface area (Å²) >= 11 is 0. The molecule has 0 heterocycles. The molecular formula is C13H12F3NO.